The molecule has 1 amide bonds. The SMILES string of the molecule is O=C(Cn1cccc(C(=O)O)c1=O)Nc1cccc(Cl)c1. The number of aromatic carboxylic acids is 1. The molecule has 1 aromatic heterocycles. The molecule has 0 aliphatic rings. The maximum absolute atomic E-state index is 11.9. The minimum absolute atomic E-state index is 0.285. The Balaban J connectivity index is 2.15. The normalized spacial score (nSPS) is 10.1. The summed E-state index contributed by atoms with van der Waals surface area (Å²) in [7, 11) is 0. The van der Waals surface area contributed by atoms with Gasteiger partial charge in [-0.3, -0.25) is 9.59 Å². The summed E-state index contributed by atoms with van der Waals surface area (Å²) in [6.45, 7) is -0.285. The number of carbonyl (C=O) groups excluding carboxylic acids is 1. The van der Waals surface area contributed by atoms with Crippen LogP contribution in [-0.4, -0.2) is 21.6 Å². The fraction of sp³-hybridized carbons (Fsp3) is 0.0714. The molecule has 0 bridgehead atoms. The molecule has 0 unspecified atom stereocenters. The Morgan fingerprint density at radius 3 is 2.67 bits per heavy atom. The van der Waals surface area contributed by atoms with E-state index in [1.807, 2.05) is 0 Å². The predicted molar refractivity (Wildman–Crippen MR) is 77.7 cm³/mol. The van der Waals surface area contributed by atoms with Crippen LogP contribution in [0, 0.1) is 0 Å². The lowest BCUT2D eigenvalue weighted by Crippen LogP contribution is -2.30. The van der Waals surface area contributed by atoms with Gasteiger partial charge in [0.25, 0.3) is 5.56 Å². The van der Waals surface area contributed by atoms with Crippen molar-refractivity contribution in [2.75, 3.05) is 5.32 Å². The van der Waals surface area contributed by atoms with Crippen molar-refractivity contribution < 1.29 is 14.7 Å². The van der Waals surface area contributed by atoms with Gasteiger partial charge in [-0.15, -0.1) is 0 Å². The number of halogens is 1. The molecule has 0 aliphatic carbocycles. The molecule has 0 saturated carbocycles. The van der Waals surface area contributed by atoms with Gasteiger partial charge >= 0.3 is 5.97 Å². The van der Waals surface area contributed by atoms with E-state index in [9.17, 15) is 14.4 Å². The lowest BCUT2D eigenvalue weighted by atomic mass is 10.3. The van der Waals surface area contributed by atoms with Crippen molar-refractivity contribution in [2.45, 2.75) is 6.54 Å². The average molecular weight is 307 g/mol. The fourth-order valence-corrected chi connectivity index (χ4v) is 1.94. The van der Waals surface area contributed by atoms with E-state index in [0.29, 0.717) is 10.7 Å². The summed E-state index contributed by atoms with van der Waals surface area (Å²) in [4.78, 5) is 34.6. The summed E-state index contributed by atoms with van der Waals surface area (Å²) in [5.74, 6) is -1.79. The van der Waals surface area contributed by atoms with Gasteiger partial charge in [0.05, 0.1) is 0 Å². The van der Waals surface area contributed by atoms with E-state index in [0.717, 1.165) is 4.57 Å². The maximum Gasteiger partial charge on any atom is 0.341 e. The van der Waals surface area contributed by atoms with Crippen molar-refractivity contribution in [1.82, 2.24) is 4.57 Å². The number of nitrogens with zero attached hydrogens (tertiary/aromatic N) is 1. The van der Waals surface area contributed by atoms with E-state index < -0.39 is 17.4 Å². The Hall–Kier alpha value is -2.60. The lowest BCUT2D eigenvalue weighted by Gasteiger charge is -2.08. The highest BCUT2D eigenvalue weighted by Crippen LogP contribution is 2.14. The van der Waals surface area contributed by atoms with Crippen LogP contribution in [0.15, 0.2) is 47.4 Å². The first-order valence-electron chi connectivity index (χ1n) is 5.95. The van der Waals surface area contributed by atoms with Crippen LogP contribution in [-0.2, 0) is 11.3 Å². The second-order valence-electron chi connectivity index (χ2n) is 4.22. The van der Waals surface area contributed by atoms with Crippen LogP contribution >= 0.6 is 11.6 Å². The third kappa shape index (κ3) is 3.70. The van der Waals surface area contributed by atoms with Gasteiger partial charge in [0.1, 0.15) is 12.1 Å². The summed E-state index contributed by atoms with van der Waals surface area (Å²) in [6.07, 6.45) is 1.35. The summed E-state index contributed by atoms with van der Waals surface area (Å²) >= 11 is 5.80. The Kier molecular flexibility index (Phi) is 4.39. The number of nitrogens with one attached hydrogen (secondary N) is 1. The molecule has 0 atom stereocenters. The number of benzene rings is 1. The number of carboxylic acid groups (broad SMARTS) is 1. The van der Waals surface area contributed by atoms with Gasteiger partial charge in [-0.2, -0.15) is 0 Å². The standard InChI is InChI=1S/C14H11ClN2O4/c15-9-3-1-4-10(7-9)16-12(18)8-17-6-2-5-11(13(17)19)14(20)21/h1-7H,8H2,(H,16,18)(H,20,21). The number of aromatic nitrogens is 1. The monoisotopic (exact) mass is 306 g/mol. The minimum Gasteiger partial charge on any atom is -0.477 e. The molecule has 0 aliphatic heterocycles. The van der Waals surface area contributed by atoms with E-state index in [1.54, 1.807) is 24.3 Å². The van der Waals surface area contributed by atoms with Crippen LogP contribution in [0.1, 0.15) is 10.4 Å². The zero-order chi connectivity index (χ0) is 15.4. The molecular weight excluding hydrogens is 296 g/mol. The zero-order valence-electron chi connectivity index (χ0n) is 10.7. The summed E-state index contributed by atoms with van der Waals surface area (Å²) in [5, 5.41) is 11.9. The second kappa shape index (κ2) is 6.23. The molecule has 1 aromatic carbocycles. The summed E-state index contributed by atoms with van der Waals surface area (Å²) < 4.78 is 1.03. The molecule has 7 heteroatoms. The van der Waals surface area contributed by atoms with E-state index in [-0.39, 0.29) is 12.1 Å². The largest absolute Gasteiger partial charge is 0.477 e. The van der Waals surface area contributed by atoms with Crippen molar-refractivity contribution in [3.05, 3.63) is 63.5 Å². The van der Waals surface area contributed by atoms with Gasteiger partial charge in [0.15, 0.2) is 0 Å². The van der Waals surface area contributed by atoms with Crippen LogP contribution in [0.4, 0.5) is 5.69 Å². The predicted octanol–water partition coefficient (Wildman–Crippen LogP) is 1.84. The van der Waals surface area contributed by atoms with Crippen LogP contribution in [0.2, 0.25) is 5.02 Å². The number of rotatable bonds is 4. The zero-order valence-corrected chi connectivity index (χ0v) is 11.5. The van der Waals surface area contributed by atoms with Gasteiger partial charge in [-0.25, -0.2) is 4.79 Å². The molecule has 0 saturated heterocycles. The quantitative estimate of drug-likeness (QED) is 0.902. The second-order valence-corrected chi connectivity index (χ2v) is 4.66. The molecule has 6 nitrogen and oxygen atoms in total. The van der Waals surface area contributed by atoms with Crippen molar-refractivity contribution in [3.63, 3.8) is 0 Å². The number of hydrogen-bond donors (Lipinski definition) is 2. The molecule has 0 radical (unpaired) electrons. The van der Waals surface area contributed by atoms with Crippen LogP contribution in [0.3, 0.4) is 0 Å². The molecule has 1 heterocycles. The molecule has 2 rings (SSSR count). The van der Waals surface area contributed by atoms with Gasteiger partial charge in [0.2, 0.25) is 5.91 Å². The maximum atomic E-state index is 11.9. The Bertz CT molecular complexity index is 755. The van der Waals surface area contributed by atoms with Crippen LogP contribution in [0.5, 0.6) is 0 Å². The summed E-state index contributed by atoms with van der Waals surface area (Å²) in [6, 6.07) is 9.15. The highest BCUT2D eigenvalue weighted by atomic mass is 35.5. The average Bonchev–Trinajstić information content (AvgIpc) is 2.40. The Morgan fingerprint density at radius 1 is 1.24 bits per heavy atom. The summed E-state index contributed by atoms with van der Waals surface area (Å²) in [5.41, 5.74) is -0.616. The van der Waals surface area contributed by atoms with E-state index in [4.69, 9.17) is 16.7 Å². The number of anilines is 1. The third-order valence-corrected chi connectivity index (χ3v) is 2.91. The molecular formula is C14H11ClN2O4. The Labute approximate surface area is 124 Å². The smallest absolute Gasteiger partial charge is 0.341 e. The highest BCUT2D eigenvalue weighted by molar-refractivity contribution is 6.30. The first-order valence-corrected chi connectivity index (χ1v) is 6.33. The van der Waals surface area contributed by atoms with Crippen LogP contribution < -0.4 is 10.9 Å². The molecule has 108 valence electrons. The van der Waals surface area contributed by atoms with Gasteiger partial charge in [-0.05, 0) is 30.3 Å². The molecule has 2 aromatic rings. The first-order chi connectivity index (χ1) is 9.97. The number of amides is 1. The Morgan fingerprint density at radius 2 is 2.00 bits per heavy atom. The highest BCUT2D eigenvalue weighted by Gasteiger charge is 2.12. The van der Waals surface area contributed by atoms with Crippen LogP contribution in [0.25, 0.3) is 0 Å². The minimum atomic E-state index is -1.33. The van der Waals surface area contributed by atoms with Crippen molar-refractivity contribution in [1.29, 1.82) is 0 Å². The van der Waals surface area contributed by atoms with Crippen molar-refractivity contribution in [3.8, 4) is 0 Å². The fourth-order valence-electron chi connectivity index (χ4n) is 1.75. The number of pyridine rings is 1. The number of carbonyl (C=O) groups is 2. The molecule has 0 fully saturated rings. The number of hydrogen-bond acceptors (Lipinski definition) is 3. The topological polar surface area (TPSA) is 88.4 Å². The van der Waals surface area contributed by atoms with Crippen molar-refractivity contribution in [2.24, 2.45) is 0 Å². The molecule has 0 spiro atoms. The first kappa shape index (κ1) is 14.8. The van der Waals surface area contributed by atoms with E-state index in [1.165, 1.54) is 18.3 Å². The third-order valence-electron chi connectivity index (χ3n) is 2.67. The van der Waals surface area contributed by atoms with Gasteiger partial charge < -0.3 is 15.0 Å². The number of carboxylic acids is 1. The molecule has 2 N–H and O–H groups in total. The van der Waals surface area contributed by atoms with E-state index in [2.05, 4.69) is 5.32 Å². The van der Waals surface area contributed by atoms with Gasteiger partial charge in [0, 0.05) is 16.9 Å². The lowest BCUT2D eigenvalue weighted by molar-refractivity contribution is -0.116. The van der Waals surface area contributed by atoms with Gasteiger partial charge in [-0.1, -0.05) is 17.7 Å². The molecule has 21 heavy (non-hydrogen) atoms. The van der Waals surface area contributed by atoms with Crippen molar-refractivity contribution >= 4 is 29.2 Å². The van der Waals surface area contributed by atoms with E-state index >= 15 is 0 Å².